The molecule has 2 aromatic rings. The fourth-order valence-electron chi connectivity index (χ4n) is 1.69. The number of hydrogen-bond acceptors (Lipinski definition) is 5. The minimum absolute atomic E-state index is 0.115. The molecule has 0 aliphatic carbocycles. The normalized spacial score (nSPS) is 10.4. The summed E-state index contributed by atoms with van der Waals surface area (Å²) in [6, 6.07) is 11.8. The Morgan fingerprint density at radius 2 is 2.05 bits per heavy atom. The number of carbonyl (C=O) groups excluding carboxylic acids is 1. The lowest BCUT2D eigenvalue weighted by molar-refractivity contribution is -0.151. The molecule has 0 unspecified atom stereocenters. The van der Waals surface area contributed by atoms with Crippen molar-refractivity contribution in [3.63, 3.8) is 0 Å². The van der Waals surface area contributed by atoms with Crippen molar-refractivity contribution in [3.8, 4) is 5.75 Å². The Morgan fingerprint density at radius 3 is 2.84 bits per heavy atom. The number of nitrogens with one attached hydrogen (secondary N) is 1. The molecular formula is C13H13BrN2O3. The molecule has 0 aliphatic heterocycles. The molecule has 0 fully saturated rings. The van der Waals surface area contributed by atoms with Crippen LogP contribution in [0, 0.1) is 0 Å². The lowest BCUT2D eigenvalue weighted by Gasteiger charge is -2.10. The highest BCUT2D eigenvalue weighted by atomic mass is 79.9. The van der Waals surface area contributed by atoms with Gasteiger partial charge in [0.1, 0.15) is 5.75 Å². The second kappa shape index (κ2) is 6.51. The lowest BCUT2D eigenvalue weighted by atomic mass is 10.1. The molecule has 0 atom stereocenters. The molecule has 19 heavy (non-hydrogen) atoms. The summed E-state index contributed by atoms with van der Waals surface area (Å²) in [6.45, 7) is 0.220. The molecule has 0 bridgehead atoms. The van der Waals surface area contributed by atoms with Gasteiger partial charge in [-0.2, -0.15) is 0 Å². The number of benzene rings is 2. The van der Waals surface area contributed by atoms with Crippen LogP contribution in [0.2, 0.25) is 0 Å². The Balaban J connectivity index is 2.05. The number of rotatable bonds is 5. The third-order valence-corrected chi connectivity index (χ3v) is 3.38. The van der Waals surface area contributed by atoms with Crippen LogP contribution in [0.3, 0.4) is 0 Å². The summed E-state index contributed by atoms with van der Waals surface area (Å²) in [4.78, 5) is 15.5. The number of fused-ring (bicyclic) bond motifs is 1. The zero-order valence-corrected chi connectivity index (χ0v) is 11.6. The molecule has 3 N–H and O–H groups in total. The Kier molecular flexibility index (Phi) is 4.73. The lowest BCUT2D eigenvalue weighted by Crippen LogP contribution is -2.26. The maximum Gasteiger partial charge on any atom is 0.329 e. The van der Waals surface area contributed by atoms with Gasteiger partial charge in [-0.15, -0.1) is 0 Å². The molecule has 2 aromatic carbocycles. The summed E-state index contributed by atoms with van der Waals surface area (Å²) < 4.78 is 6.42. The summed E-state index contributed by atoms with van der Waals surface area (Å²) in [5, 5.41) is 2.18. The van der Waals surface area contributed by atoms with Crippen molar-refractivity contribution in [2.75, 3.05) is 6.61 Å². The summed E-state index contributed by atoms with van der Waals surface area (Å²) in [6.07, 6.45) is 0.115. The van der Waals surface area contributed by atoms with Crippen LogP contribution in [0.25, 0.3) is 10.8 Å². The zero-order valence-electron chi connectivity index (χ0n) is 10.1. The number of hydrogen-bond donors (Lipinski definition) is 2. The Morgan fingerprint density at radius 1 is 1.26 bits per heavy atom. The smallest absolute Gasteiger partial charge is 0.329 e. The molecule has 0 aromatic heterocycles. The van der Waals surface area contributed by atoms with Crippen LogP contribution in [0.1, 0.15) is 6.42 Å². The SMILES string of the molecule is NNOC(=O)CCOc1ccc2ccccc2c1Br. The van der Waals surface area contributed by atoms with Gasteiger partial charge in [-0.1, -0.05) is 35.9 Å². The minimum atomic E-state index is -0.473. The van der Waals surface area contributed by atoms with Gasteiger partial charge in [-0.05, 0) is 32.8 Å². The molecule has 0 saturated carbocycles. The van der Waals surface area contributed by atoms with Gasteiger partial charge >= 0.3 is 5.97 Å². The van der Waals surface area contributed by atoms with E-state index in [9.17, 15) is 4.79 Å². The summed E-state index contributed by atoms with van der Waals surface area (Å²) in [7, 11) is 0. The highest BCUT2D eigenvalue weighted by molar-refractivity contribution is 9.10. The monoisotopic (exact) mass is 324 g/mol. The predicted octanol–water partition coefficient (Wildman–Crippen LogP) is 2.29. The van der Waals surface area contributed by atoms with Crippen LogP contribution < -0.4 is 16.2 Å². The largest absolute Gasteiger partial charge is 0.492 e. The maximum atomic E-state index is 11.1. The molecule has 2 rings (SSSR count). The molecule has 0 radical (unpaired) electrons. The first-order valence-electron chi connectivity index (χ1n) is 5.67. The van der Waals surface area contributed by atoms with Crippen molar-refractivity contribution < 1.29 is 14.4 Å². The summed E-state index contributed by atoms with van der Waals surface area (Å²) in [5.74, 6) is 5.07. The van der Waals surface area contributed by atoms with E-state index in [4.69, 9.17) is 10.6 Å². The van der Waals surface area contributed by atoms with Crippen LogP contribution in [0.15, 0.2) is 40.9 Å². The summed E-state index contributed by atoms with van der Waals surface area (Å²) >= 11 is 3.51. The van der Waals surface area contributed by atoms with Gasteiger partial charge in [0.2, 0.25) is 0 Å². The highest BCUT2D eigenvalue weighted by Gasteiger charge is 2.07. The number of carbonyl (C=O) groups is 1. The number of ether oxygens (including phenoxy) is 1. The average Bonchev–Trinajstić information content (AvgIpc) is 2.42. The van der Waals surface area contributed by atoms with Crippen LogP contribution in [-0.4, -0.2) is 12.6 Å². The average molecular weight is 325 g/mol. The van der Waals surface area contributed by atoms with E-state index < -0.39 is 5.97 Å². The first-order valence-corrected chi connectivity index (χ1v) is 6.47. The maximum absolute atomic E-state index is 11.1. The van der Waals surface area contributed by atoms with Gasteiger partial charge in [0.25, 0.3) is 0 Å². The zero-order chi connectivity index (χ0) is 13.7. The van der Waals surface area contributed by atoms with Crippen molar-refractivity contribution in [2.45, 2.75) is 6.42 Å². The first kappa shape index (κ1) is 13.8. The van der Waals surface area contributed by atoms with E-state index in [0.29, 0.717) is 5.75 Å². The molecule has 0 heterocycles. The van der Waals surface area contributed by atoms with Gasteiger partial charge in [-0.25, -0.2) is 5.84 Å². The number of halogens is 1. The van der Waals surface area contributed by atoms with Crippen LogP contribution in [0.4, 0.5) is 0 Å². The number of nitrogens with two attached hydrogens (primary N) is 1. The van der Waals surface area contributed by atoms with E-state index >= 15 is 0 Å². The molecule has 0 amide bonds. The molecular weight excluding hydrogens is 312 g/mol. The van der Waals surface area contributed by atoms with Crippen molar-refractivity contribution in [3.05, 3.63) is 40.9 Å². The minimum Gasteiger partial charge on any atom is -0.492 e. The van der Waals surface area contributed by atoms with E-state index in [2.05, 4.69) is 20.8 Å². The topological polar surface area (TPSA) is 73.6 Å². The third kappa shape index (κ3) is 3.44. The van der Waals surface area contributed by atoms with Crippen molar-refractivity contribution in [2.24, 2.45) is 5.84 Å². The molecule has 0 spiro atoms. The second-order valence-corrected chi connectivity index (χ2v) is 4.58. The number of hydrazine groups is 1. The fraction of sp³-hybridized carbons (Fsp3) is 0.154. The van der Waals surface area contributed by atoms with Gasteiger partial charge < -0.3 is 9.57 Å². The van der Waals surface area contributed by atoms with Crippen molar-refractivity contribution in [1.29, 1.82) is 0 Å². The highest BCUT2D eigenvalue weighted by Crippen LogP contribution is 2.32. The quantitative estimate of drug-likeness (QED) is 0.652. The Bertz CT molecular complexity index is 589. The van der Waals surface area contributed by atoms with Crippen LogP contribution in [-0.2, 0) is 9.63 Å². The van der Waals surface area contributed by atoms with Crippen LogP contribution in [0.5, 0.6) is 5.75 Å². The molecule has 6 heteroatoms. The van der Waals surface area contributed by atoms with E-state index in [0.717, 1.165) is 15.2 Å². The molecule has 5 nitrogen and oxygen atoms in total. The van der Waals surface area contributed by atoms with Gasteiger partial charge in [0.15, 0.2) is 0 Å². The van der Waals surface area contributed by atoms with Gasteiger partial charge in [0.05, 0.1) is 17.5 Å². The Hall–Kier alpha value is -1.63. The Labute approximate surface area is 118 Å². The third-order valence-electron chi connectivity index (χ3n) is 2.56. The molecule has 0 saturated heterocycles. The van der Waals surface area contributed by atoms with Crippen LogP contribution >= 0.6 is 15.9 Å². The summed E-state index contributed by atoms with van der Waals surface area (Å²) in [5.41, 5.74) is 1.84. The van der Waals surface area contributed by atoms with Gasteiger partial charge in [-0.3, -0.25) is 4.79 Å². The fourth-order valence-corrected chi connectivity index (χ4v) is 2.29. The second-order valence-electron chi connectivity index (χ2n) is 3.79. The van der Waals surface area contributed by atoms with Crippen molar-refractivity contribution >= 4 is 32.7 Å². The van der Waals surface area contributed by atoms with E-state index in [1.165, 1.54) is 0 Å². The van der Waals surface area contributed by atoms with Gasteiger partial charge in [0, 0.05) is 0 Å². The van der Waals surface area contributed by atoms with Crippen molar-refractivity contribution in [1.82, 2.24) is 5.59 Å². The first-order chi connectivity index (χ1) is 9.22. The predicted molar refractivity (Wildman–Crippen MR) is 75.2 cm³/mol. The molecule has 100 valence electrons. The van der Waals surface area contributed by atoms with E-state index in [1.807, 2.05) is 42.0 Å². The standard InChI is InChI=1S/C13H13BrN2O3/c14-13-10-4-2-1-3-9(10)5-6-11(13)18-8-7-12(17)19-16-15/h1-6,16H,7-8,15H2. The molecule has 0 aliphatic rings. The van der Waals surface area contributed by atoms with E-state index in [-0.39, 0.29) is 13.0 Å². The van der Waals surface area contributed by atoms with E-state index in [1.54, 1.807) is 0 Å².